The Hall–Kier alpha value is -0.780. The van der Waals surface area contributed by atoms with Crippen molar-refractivity contribution in [2.75, 3.05) is 0 Å². The average molecular weight is 372 g/mol. The Balaban J connectivity index is 1.92. The van der Waals surface area contributed by atoms with E-state index < -0.39 is 0 Å². The maximum Gasteiger partial charge on any atom is -0.0245 e. The smallest absolute Gasteiger partial charge is 0.0245 e. The molecular formula is C27H47. The van der Waals surface area contributed by atoms with Crippen molar-refractivity contribution >= 4 is 0 Å². The molecule has 0 saturated carbocycles. The SMILES string of the molecule is CCCCCCCCCCCCCCCCC(Cc1ccccc1)[C](C)C. The summed E-state index contributed by atoms with van der Waals surface area (Å²) in [4.78, 5) is 0. The van der Waals surface area contributed by atoms with Gasteiger partial charge in [-0.15, -0.1) is 0 Å². The van der Waals surface area contributed by atoms with Gasteiger partial charge in [0, 0.05) is 0 Å². The fourth-order valence-corrected chi connectivity index (χ4v) is 4.08. The Morgan fingerprint density at radius 2 is 1.07 bits per heavy atom. The van der Waals surface area contributed by atoms with Crippen LogP contribution < -0.4 is 0 Å². The summed E-state index contributed by atoms with van der Waals surface area (Å²) in [6.45, 7) is 6.93. The Morgan fingerprint density at radius 3 is 1.52 bits per heavy atom. The number of rotatable bonds is 18. The number of unbranched alkanes of at least 4 members (excludes halogenated alkanes) is 13. The lowest BCUT2D eigenvalue weighted by molar-refractivity contribution is 0.460. The molecular weight excluding hydrogens is 324 g/mol. The van der Waals surface area contributed by atoms with E-state index in [1.165, 1.54) is 108 Å². The second kappa shape index (κ2) is 17.3. The van der Waals surface area contributed by atoms with Crippen molar-refractivity contribution in [2.24, 2.45) is 5.92 Å². The molecule has 0 heterocycles. The highest BCUT2D eigenvalue weighted by Gasteiger charge is 2.14. The fraction of sp³-hybridized carbons (Fsp3) is 0.741. The molecule has 0 aliphatic heterocycles. The van der Waals surface area contributed by atoms with E-state index in [1.807, 2.05) is 0 Å². The summed E-state index contributed by atoms with van der Waals surface area (Å²) in [5.74, 6) is 2.37. The summed E-state index contributed by atoms with van der Waals surface area (Å²) < 4.78 is 0. The van der Waals surface area contributed by atoms with E-state index in [-0.39, 0.29) is 0 Å². The third-order valence-corrected chi connectivity index (χ3v) is 6.05. The number of benzene rings is 1. The first-order valence-electron chi connectivity index (χ1n) is 12.1. The van der Waals surface area contributed by atoms with Gasteiger partial charge < -0.3 is 0 Å². The molecule has 155 valence electrons. The lowest BCUT2D eigenvalue weighted by Gasteiger charge is -2.20. The molecule has 1 atom stereocenters. The normalized spacial score (nSPS) is 12.6. The van der Waals surface area contributed by atoms with Crippen LogP contribution in [0.4, 0.5) is 0 Å². The minimum atomic E-state index is 0.768. The Labute approximate surface area is 171 Å². The Kier molecular flexibility index (Phi) is 15.6. The van der Waals surface area contributed by atoms with E-state index in [4.69, 9.17) is 0 Å². The van der Waals surface area contributed by atoms with Gasteiger partial charge in [-0.3, -0.25) is 0 Å². The third kappa shape index (κ3) is 14.0. The second-order valence-electron chi connectivity index (χ2n) is 8.85. The highest BCUT2D eigenvalue weighted by atomic mass is 14.2. The minimum Gasteiger partial charge on any atom is -0.0654 e. The van der Waals surface area contributed by atoms with Crippen molar-refractivity contribution in [3.63, 3.8) is 0 Å². The molecule has 1 aromatic rings. The molecule has 0 nitrogen and oxygen atoms in total. The first-order chi connectivity index (χ1) is 13.2. The van der Waals surface area contributed by atoms with Gasteiger partial charge in [-0.2, -0.15) is 0 Å². The van der Waals surface area contributed by atoms with Crippen LogP contribution in [-0.2, 0) is 6.42 Å². The molecule has 0 bridgehead atoms. The predicted molar refractivity (Wildman–Crippen MR) is 123 cm³/mol. The van der Waals surface area contributed by atoms with E-state index in [2.05, 4.69) is 51.1 Å². The molecule has 0 aromatic heterocycles. The van der Waals surface area contributed by atoms with Crippen LogP contribution in [0, 0.1) is 11.8 Å². The first-order valence-corrected chi connectivity index (χ1v) is 12.1. The van der Waals surface area contributed by atoms with Crippen molar-refractivity contribution in [3.8, 4) is 0 Å². The fourth-order valence-electron chi connectivity index (χ4n) is 4.08. The number of hydrogen-bond donors (Lipinski definition) is 0. The van der Waals surface area contributed by atoms with Gasteiger partial charge in [-0.25, -0.2) is 0 Å². The summed E-state index contributed by atoms with van der Waals surface area (Å²) in [6.07, 6.45) is 22.8. The summed E-state index contributed by atoms with van der Waals surface area (Å²) in [5, 5.41) is 0. The van der Waals surface area contributed by atoms with Crippen LogP contribution in [0.25, 0.3) is 0 Å². The molecule has 0 fully saturated rings. The maximum atomic E-state index is 2.32. The molecule has 0 saturated heterocycles. The van der Waals surface area contributed by atoms with Crippen molar-refractivity contribution < 1.29 is 0 Å². The van der Waals surface area contributed by atoms with E-state index in [1.54, 1.807) is 5.92 Å². The van der Waals surface area contributed by atoms with Gasteiger partial charge in [0.25, 0.3) is 0 Å². The predicted octanol–water partition coefficient (Wildman–Crippen LogP) is 9.33. The van der Waals surface area contributed by atoms with Gasteiger partial charge in [-0.1, -0.05) is 141 Å². The molecule has 0 spiro atoms. The van der Waals surface area contributed by atoms with Crippen molar-refractivity contribution in [1.29, 1.82) is 0 Å². The second-order valence-corrected chi connectivity index (χ2v) is 8.85. The van der Waals surface area contributed by atoms with E-state index in [9.17, 15) is 0 Å². The van der Waals surface area contributed by atoms with Gasteiger partial charge in [0.1, 0.15) is 0 Å². The van der Waals surface area contributed by atoms with Crippen LogP contribution in [0.1, 0.15) is 123 Å². The van der Waals surface area contributed by atoms with E-state index in [0.717, 1.165) is 5.92 Å². The van der Waals surface area contributed by atoms with Crippen molar-refractivity contribution in [1.82, 2.24) is 0 Å². The maximum absolute atomic E-state index is 2.32. The monoisotopic (exact) mass is 371 g/mol. The zero-order valence-corrected chi connectivity index (χ0v) is 18.8. The molecule has 0 aliphatic carbocycles. The van der Waals surface area contributed by atoms with Gasteiger partial charge >= 0.3 is 0 Å². The van der Waals surface area contributed by atoms with Crippen molar-refractivity contribution in [2.45, 2.75) is 124 Å². The quantitative estimate of drug-likeness (QED) is 0.225. The standard InChI is InChI=1S/C27H47/c1-4-5-6-7-8-9-10-11-12-13-14-15-16-20-23-27(25(2)3)24-26-21-18-17-19-22-26/h17-19,21-22,27H,4-16,20,23-24H2,1-3H3. The first kappa shape index (κ1) is 24.3. The topological polar surface area (TPSA) is 0 Å². The van der Waals surface area contributed by atoms with Crippen molar-refractivity contribution in [3.05, 3.63) is 41.8 Å². The Morgan fingerprint density at radius 1 is 0.630 bits per heavy atom. The molecule has 1 rings (SSSR count). The highest BCUT2D eigenvalue weighted by Crippen LogP contribution is 2.25. The number of hydrogen-bond acceptors (Lipinski definition) is 0. The molecule has 1 aromatic carbocycles. The van der Waals surface area contributed by atoms with Gasteiger partial charge in [0.15, 0.2) is 0 Å². The summed E-state index contributed by atoms with van der Waals surface area (Å²) in [5.41, 5.74) is 1.49. The molecule has 0 aliphatic rings. The zero-order valence-electron chi connectivity index (χ0n) is 18.8. The molecule has 0 N–H and O–H groups in total. The third-order valence-electron chi connectivity index (χ3n) is 6.05. The van der Waals surface area contributed by atoms with Crippen LogP contribution >= 0.6 is 0 Å². The molecule has 0 amide bonds. The average Bonchev–Trinajstić information content (AvgIpc) is 2.68. The zero-order chi connectivity index (χ0) is 19.6. The Bertz CT molecular complexity index is 405. The molecule has 0 heteroatoms. The summed E-state index contributed by atoms with van der Waals surface area (Å²) in [6, 6.07) is 11.0. The molecule has 1 radical (unpaired) electrons. The van der Waals surface area contributed by atoms with Crippen LogP contribution in [0.3, 0.4) is 0 Å². The lowest BCUT2D eigenvalue weighted by atomic mass is 9.85. The van der Waals surface area contributed by atoms with Crippen LogP contribution in [0.2, 0.25) is 0 Å². The van der Waals surface area contributed by atoms with Crippen LogP contribution in [-0.4, -0.2) is 0 Å². The molecule has 27 heavy (non-hydrogen) atoms. The summed E-state index contributed by atoms with van der Waals surface area (Å²) >= 11 is 0. The van der Waals surface area contributed by atoms with Gasteiger partial charge in [0.05, 0.1) is 0 Å². The van der Waals surface area contributed by atoms with E-state index >= 15 is 0 Å². The largest absolute Gasteiger partial charge is 0.0654 e. The van der Waals surface area contributed by atoms with Gasteiger partial charge in [0.2, 0.25) is 0 Å². The van der Waals surface area contributed by atoms with Crippen LogP contribution in [0.5, 0.6) is 0 Å². The summed E-state index contributed by atoms with van der Waals surface area (Å²) in [7, 11) is 0. The van der Waals surface area contributed by atoms with Gasteiger partial charge in [-0.05, 0) is 30.2 Å². The van der Waals surface area contributed by atoms with E-state index in [0.29, 0.717) is 0 Å². The molecule has 1 unspecified atom stereocenters. The minimum absolute atomic E-state index is 0.768. The van der Waals surface area contributed by atoms with Crippen LogP contribution in [0.15, 0.2) is 30.3 Å². The highest BCUT2D eigenvalue weighted by molar-refractivity contribution is 5.16. The lowest BCUT2D eigenvalue weighted by Crippen LogP contribution is -2.10.